The molecule has 1 aromatic rings. The van der Waals surface area contributed by atoms with Crippen molar-refractivity contribution in [3.63, 3.8) is 0 Å². The third-order valence-corrected chi connectivity index (χ3v) is 1.82. The molecule has 0 unspecified atom stereocenters. The maximum Gasteiger partial charge on any atom is 0.419 e. The van der Waals surface area contributed by atoms with E-state index in [0.717, 1.165) is 25.3 Å². The van der Waals surface area contributed by atoms with Gasteiger partial charge in [-0.05, 0) is 12.1 Å². The molecular weight excluding hydrogens is 209 g/mol. The van der Waals surface area contributed by atoms with Crippen LogP contribution in [0, 0.1) is 5.41 Å². The highest BCUT2D eigenvalue weighted by Gasteiger charge is 2.34. The Morgan fingerprint density at radius 2 is 2.00 bits per heavy atom. The summed E-state index contributed by atoms with van der Waals surface area (Å²) in [6.07, 6.45) is -4.47. The molecule has 0 aliphatic carbocycles. The zero-order valence-electron chi connectivity index (χ0n) is 7.85. The molecule has 0 aromatic heterocycles. The summed E-state index contributed by atoms with van der Waals surface area (Å²) >= 11 is 0. The average Bonchev–Trinajstić information content (AvgIpc) is 2.15. The first-order valence-corrected chi connectivity index (χ1v) is 3.96. The fraction of sp³-hybridized carbons (Fsp3) is 0.222. The Hall–Kier alpha value is -1.72. The summed E-state index contributed by atoms with van der Waals surface area (Å²) in [6, 6.07) is 3.06. The number of hydrogen-bond acceptors (Lipinski definition) is 2. The van der Waals surface area contributed by atoms with Crippen molar-refractivity contribution in [2.45, 2.75) is 6.18 Å². The molecule has 0 radical (unpaired) electrons. The molecule has 3 N–H and O–H groups in total. The zero-order chi connectivity index (χ0) is 11.6. The summed E-state index contributed by atoms with van der Waals surface area (Å²) < 4.78 is 41.8. The minimum absolute atomic E-state index is 0.194. The number of halogens is 3. The Labute approximate surface area is 84.2 Å². The summed E-state index contributed by atoms with van der Waals surface area (Å²) in [5, 5.41) is 7.07. The van der Waals surface area contributed by atoms with Crippen molar-refractivity contribution in [1.29, 1.82) is 5.41 Å². The van der Waals surface area contributed by atoms with Crippen LogP contribution in [0.3, 0.4) is 0 Å². The fourth-order valence-corrected chi connectivity index (χ4v) is 1.09. The number of amidine groups is 1. The Bertz CT molecular complexity index is 387. The molecule has 0 saturated heterocycles. The first-order valence-electron chi connectivity index (χ1n) is 3.96. The molecule has 0 aliphatic heterocycles. The zero-order valence-corrected chi connectivity index (χ0v) is 7.85. The van der Waals surface area contributed by atoms with Gasteiger partial charge in [0.15, 0.2) is 0 Å². The fourth-order valence-electron chi connectivity index (χ4n) is 1.09. The van der Waals surface area contributed by atoms with Crippen LogP contribution in [-0.4, -0.2) is 12.9 Å². The maximum atomic E-state index is 12.4. The smallest absolute Gasteiger partial charge is 0.419 e. The Morgan fingerprint density at radius 1 is 1.40 bits per heavy atom. The van der Waals surface area contributed by atoms with E-state index in [9.17, 15) is 13.2 Å². The first-order chi connectivity index (χ1) is 6.86. The largest absolute Gasteiger partial charge is 0.496 e. The van der Waals surface area contributed by atoms with E-state index >= 15 is 0 Å². The molecule has 0 spiro atoms. The highest BCUT2D eigenvalue weighted by atomic mass is 19.4. The van der Waals surface area contributed by atoms with Gasteiger partial charge in [0.25, 0.3) is 0 Å². The number of alkyl halides is 3. The van der Waals surface area contributed by atoms with E-state index in [1.807, 2.05) is 0 Å². The molecule has 0 heterocycles. The number of ether oxygens (including phenoxy) is 1. The van der Waals surface area contributed by atoms with Gasteiger partial charge >= 0.3 is 6.18 Å². The minimum atomic E-state index is -4.47. The number of nitrogens with one attached hydrogen (secondary N) is 1. The van der Waals surface area contributed by atoms with Crippen molar-refractivity contribution in [1.82, 2.24) is 0 Å². The van der Waals surface area contributed by atoms with Crippen LogP contribution in [0.4, 0.5) is 13.2 Å². The number of nitrogens with two attached hydrogens (primary N) is 1. The minimum Gasteiger partial charge on any atom is -0.496 e. The van der Waals surface area contributed by atoms with Crippen LogP contribution in [0.1, 0.15) is 11.1 Å². The summed E-state index contributed by atoms with van der Waals surface area (Å²) in [4.78, 5) is 0. The number of methoxy groups -OCH3 is 1. The van der Waals surface area contributed by atoms with Gasteiger partial charge in [-0.15, -0.1) is 0 Å². The van der Waals surface area contributed by atoms with Gasteiger partial charge in [-0.2, -0.15) is 13.2 Å². The number of benzene rings is 1. The van der Waals surface area contributed by atoms with Gasteiger partial charge in [-0.25, -0.2) is 0 Å². The van der Waals surface area contributed by atoms with Gasteiger partial charge in [0.1, 0.15) is 11.6 Å². The topological polar surface area (TPSA) is 59.1 Å². The third-order valence-electron chi connectivity index (χ3n) is 1.82. The van der Waals surface area contributed by atoms with Crippen molar-refractivity contribution in [3.05, 3.63) is 29.3 Å². The van der Waals surface area contributed by atoms with Crippen molar-refractivity contribution >= 4 is 5.84 Å². The third kappa shape index (κ3) is 2.39. The van der Waals surface area contributed by atoms with Crippen molar-refractivity contribution < 1.29 is 17.9 Å². The summed E-state index contributed by atoms with van der Waals surface area (Å²) in [5.74, 6) is -0.641. The van der Waals surface area contributed by atoms with Crippen molar-refractivity contribution in [3.8, 4) is 5.75 Å². The van der Waals surface area contributed by atoms with Crippen LogP contribution in [0.5, 0.6) is 5.75 Å². The van der Waals surface area contributed by atoms with Crippen LogP contribution in [0.25, 0.3) is 0 Å². The van der Waals surface area contributed by atoms with Gasteiger partial charge in [0.05, 0.1) is 12.7 Å². The molecule has 0 saturated carbocycles. The van der Waals surface area contributed by atoms with Gasteiger partial charge in [-0.1, -0.05) is 6.07 Å². The number of rotatable bonds is 2. The van der Waals surface area contributed by atoms with E-state index < -0.39 is 11.7 Å². The lowest BCUT2D eigenvalue weighted by Crippen LogP contribution is -2.13. The van der Waals surface area contributed by atoms with Gasteiger partial charge in [0.2, 0.25) is 0 Å². The average molecular weight is 218 g/mol. The normalized spacial score (nSPS) is 11.2. The molecule has 1 aromatic carbocycles. The van der Waals surface area contributed by atoms with Crippen LogP contribution in [0.2, 0.25) is 0 Å². The molecule has 0 bridgehead atoms. The lowest BCUT2D eigenvalue weighted by molar-refractivity contribution is -0.138. The molecule has 0 atom stereocenters. The second kappa shape index (κ2) is 3.80. The molecule has 0 aliphatic rings. The predicted molar refractivity (Wildman–Crippen MR) is 49.0 cm³/mol. The first kappa shape index (κ1) is 11.4. The summed E-state index contributed by atoms with van der Waals surface area (Å²) in [7, 11) is 1.13. The van der Waals surface area contributed by atoms with Crippen LogP contribution in [-0.2, 0) is 6.18 Å². The number of nitrogen functional groups attached to an aromatic ring is 1. The van der Waals surface area contributed by atoms with E-state index in [2.05, 4.69) is 4.74 Å². The second-order valence-electron chi connectivity index (χ2n) is 2.83. The van der Waals surface area contributed by atoms with Crippen molar-refractivity contribution in [2.75, 3.05) is 7.11 Å². The van der Waals surface area contributed by atoms with Crippen molar-refractivity contribution in [2.24, 2.45) is 5.73 Å². The second-order valence-corrected chi connectivity index (χ2v) is 2.83. The molecule has 6 heteroatoms. The van der Waals surface area contributed by atoms with E-state index in [1.54, 1.807) is 0 Å². The number of hydrogen-bond donors (Lipinski definition) is 2. The van der Waals surface area contributed by atoms with Gasteiger partial charge in [0, 0.05) is 5.56 Å². The lowest BCUT2D eigenvalue weighted by Gasteiger charge is -2.12. The maximum absolute atomic E-state index is 12.4. The molecule has 3 nitrogen and oxygen atoms in total. The van der Waals surface area contributed by atoms with Crippen LogP contribution >= 0.6 is 0 Å². The predicted octanol–water partition coefficient (Wildman–Crippen LogP) is 2.00. The molecule has 0 amide bonds. The Balaban J connectivity index is 3.27. The van der Waals surface area contributed by atoms with E-state index in [4.69, 9.17) is 11.1 Å². The van der Waals surface area contributed by atoms with Gasteiger partial charge < -0.3 is 10.5 Å². The Morgan fingerprint density at radius 3 is 2.40 bits per heavy atom. The van der Waals surface area contributed by atoms with E-state index in [-0.39, 0.29) is 17.1 Å². The molecule has 0 fully saturated rings. The van der Waals surface area contributed by atoms with Crippen LogP contribution < -0.4 is 10.5 Å². The highest BCUT2D eigenvalue weighted by molar-refractivity contribution is 5.95. The quantitative estimate of drug-likeness (QED) is 0.589. The SMILES string of the molecule is COc1cc(C(=N)N)ccc1C(F)(F)F. The van der Waals surface area contributed by atoms with Crippen LogP contribution in [0.15, 0.2) is 18.2 Å². The summed E-state index contributed by atoms with van der Waals surface area (Å²) in [6.45, 7) is 0. The lowest BCUT2D eigenvalue weighted by atomic mass is 10.1. The highest BCUT2D eigenvalue weighted by Crippen LogP contribution is 2.36. The summed E-state index contributed by atoms with van der Waals surface area (Å²) in [5.41, 5.74) is 4.46. The Kier molecular flexibility index (Phi) is 2.88. The molecule has 1 rings (SSSR count). The molecule has 82 valence electrons. The molecular formula is C9H9F3N2O. The van der Waals surface area contributed by atoms with E-state index in [0.29, 0.717) is 0 Å². The monoisotopic (exact) mass is 218 g/mol. The van der Waals surface area contributed by atoms with Gasteiger partial charge in [-0.3, -0.25) is 5.41 Å². The standard InChI is InChI=1S/C9H9F3N2O/c1-15-7-4-5(8(13)14)2-3-6(7)9(10,11)12/h2-4H,1H3,(H3,13,14). The van der Waals surface area contributed by atoms with E-state index in [1.165, 1.54) is 0 Å². The molecule has 15 heavy (non-hydrogen) atoms.